The summed E-state index contributed by atoms with van der Waals surface area (Å²) < 4.78 is 0. The lowest BCUT2D eigenvalue weighted by Gasteiger charge is -2.32. The highest BCUT2D eigenvalue weighted by Crippen LogP contribution is 2.32. The van der Waals surface area contributed by atoms with E-state index in [9.17, 15) is 4.79 Å². The highest BCUT2D eigenvalue weighted by atomic mass is 16.1. The molecule has 0 radical (unpaired) electrons. The maximum Gasteiger partial charge on any atom is 0.220 e. The summed E-state index contributed by atoms with van der Waals surface area (Å²) in [5.41, 5.74) is 0.0935. The monoisotopic (exact) mass is 238 g/mol. The molecule has 2 fully saturated rings. The molecule has 3 heteroatoms. The lowest BCUT2D eigenvalue weighted by molar-refractivity contribution is -0.123. The van der Waals surface area contributed by atoms with E-state index in [1.165, 1.54) is 25.8 Å². The molecule has 0 bridgehead atoms. The second-order valence-electron chi connectivity index (χ2n) is 6.99. The molecule has 2 rings (SSSR count). The van der Waals surface area contributed by atoms with E-state index in [1.54, 1.807) is 0 Å². The second kappa shape index (κ2) is 4.97. The van der Waals surface area contributed by atoms with Crippen molar-refractivity contribution in [3.63, 3.8) is 0 Å². The molecule has 17 heavy (non-hydrogen) atoms. The van der Waals surface area contributed by atoms with Gasteiger partial charge in [0.15, 0.2) is 0 Å². The molecule has 2 aliphatic rings. The molecule has 3 atom stereocenters. The summed E-state index contributed by atoms with van der Waals surface area (Å²) in [6, 6.07) is 0.422. The van der Waals surface area contributed by atoms with Gasteiger partial charge in [0.1, 0.15) is 0 Å². The average Bonchev–Trinajstić information content (AvgIpc) is 2.61. The second-order valence-corrected chi connectivity index (χ2v) is 6.99. The molecule has 1 saturated carbocycles. The van der Waals surface area contributed by atoms with Crippen molar-refractivity contribution in [2.75, 3.05) is 13.1 Å². The molecule has 1 saturated heterocycles. The summed E-state index contributed by atoms with van der Waals surface area (Å²) in [6.07, 6.45) is 4.25. The van der Waals surface area contributed by atoms with Gasteiger partial charge in [0.25, 0.3) is 0 Å². The SMILES string of the molecule is CC(C)(C)CC(=O)NC1CC[C@H]2CNC[C@H]2C1. The van der Waals surface area contributed by atoms with E-state index in [2.05, 4.69) is 31.4 Å². The quantitative estimate of drug-likeness (QED) is 0.772. The van der Waals surface area contributed by atoms with Gasteiger partial charge < -0.3 is 10.6 Å². The fraction of sp³-hybridized carbons (Fsp3) is 0.929. The maximum atomic E-state index is 11.9. The van der Waals surface area contributed by atoms with Crippen molar-refractivity contribution in [3.05, 3.63) is 0 Å². The van der Waals surface area contributed by atoms with Crippen molar-refractivity contribution in [2.24, 2.45) is 17.3 Å². The lowest BCUT2D eigenvalue weighted by Crippen LogP contribution is -2.41. The standard InChI is InChI=1S/C14H26N2O/c1-14(2,3)7-13(17)16-12-5-4-10-8-15-9-11(10)6-12/h10-12,15H,4-9H2,1-3H3,(H,16,17)/t10-,11+,12?/m0/s1. The third-order valence-corrected chi connectivity index (χ3v) is 4.01. The molecule has 1 aliphatic carbocycles. The summed E-state index contributed by atoms with van der Waals surface area (Å²) in [4.78, 5) is 11.9. The van der Waals surface area contributed by atoms with Gasteiger partial charge in [-0.05, 0) is 49.6 Å². The van der Waals surface area contributed by atoms with Crippen LogP contribution in [0.25, 0.3) is 0 Å². The Labute approximate surface area is 105 Å². The summed E-state index contributed by atoms with van der Waals surface area (Å²) in [7, 11) is 0. The zero-order valence-corrected chi connectivity index (χ0v) is 11.4. The molecule has 0 spiro atoms. The Bertz CT molecular complexity index is 282. The van der Waals surface area contributed by atoms with Crippen LogP contribution in [0.3, 0.4) is 0 Å². The first-order chi connectivity index (χ1) is 7.94. The van der Waals surface area contributed by atoms with E-state index in [0.29, 0.717) is 12.5 Å². The number of hydrogen-bond donors (Lipinski definition) is 2. The highest BCUT2D eigenvalue weighted by molar-refractivity contribution is 5.76. The van der Waals surface area contributed by atoms with Crippen molar-refractivity contribution in [3.8, 4) is 0 Å². The van der Waals surface area contributed by atoms with E-state index in [-0.39, 0.29) is 11.3 Å². The highest BCUT2D eigenvalue weighted by Gasteiger charge is 2.34. The van der Waals surface area contributed by atoms with E-state index >= 15 is 0 Å². The molecule has 1 aliphatic heterocycles. The maximum absolute atomic E-state index is 11.9. The molecule has 98 valence electrons. The van der Waals surface area contributed by atoms with E-state index in [1.807, 2.05) is 0 Å². The number of hydrogen-bond acceptors (Lipinski definition) is 2. The first-order valence-corrected chi connectivity index (χ1v) is 6.94. The predicted octanol–water partition coefficient (Wildman–Crippen LogP) is 1.93. The zero-order valence-electron chi connectivity index (χ0n) is 11.4. The molecule has 0 aromatic heterocycles. The summed E-state index contributed by atoms with van der Waals surface area (Å²) in [5, 5.41) is 6.68. The Morgan fingerprint density at radius 2 is 1.94 bits per heavy atom. The van der Waals surface area contributed by atoms with Crippen molar-refractivity contribution >= 4 is 5.91 Å². The molecular formula is C14H26N2O. The minimum Gasteiger partial charge on any atom is -0.353 e. The van der Waals surface area contributed by atoms with Gasteiger partial charge in [-0.25, -0.2) is 0 Å². The molecule has 0 aromatic carbocycles. The van der Waals surface area contributed by atoms with Crippen LogP contribution in [-0.2, 0) is 4.79 Å². The summed E-state index contributed by atoms with van der Waals surface area (Å²) in [5.74, 6) is 1.89. The van der Waals surface area contributed by atoms with Gasteiger partial charge in [0, 0.05) is 12.5 Å². The number of fused-ring (bicyclic) bond motifs is 1. The van der Waals surface area contributed by atoms with Gasteiger partial charge in [-0.2, -0.15) is 0 Å². The summed E-state index contributed by atoms with van der Waals surface area (Å²) in [6.45, 7) is 8.68. The smallest absolute Gasteiger partial charge is 0.220 e. The normalized spacial score (nSPS) is 33.2. The van der Waals surface area contributed by atoms with Crippen LogP contribution in [0.4, 0.5) is 0 Å². The minimum atomic E-state index is 0.0935. The minimum absolute atomic E-state index is 0.0935. The summed E-state index contributed by atoms with van der Waals surface area (Å²) >= 11 is 0. The molecule has 0 aromatic rings. The molecule has 1 heterocycles. The van der Waals surface area contributed by atoms with Crippen LogP contribution in [0.2, 0.25) is 0 Å². The van der Waals surface area contributed by atoms with Crippen LogP contribution in [0.15, 0.2) is 0 Å². The molecule has 3 nitrogen and oxygen atoms in total. The number of carbonyl (C=O) groups excluding carboxylic acids is 1. The number of nitrogens with one attached hydrogen (secondary N) is 2. The molecule has 2 N–H and O–H groups in total. The van der Waals surface area contributed by atoms with Crippen LogP contribution in [0, 0.1) is 17.3 Å². The average molecular weight is 238 g/mol. The fourth-order valence-corrected chi connectivity index (χ4v) is 3.19. The van der Waals surface area contributed by atoms with Crippen LogP contribution in [0.1, 0.15) is 46.5 Å². The van der Waals surface area contributed by atoms with Crippen molar-refractivity contribution in [1.82, 2.24) is 10.6 Å². The molecular weight excluding hydrogens is 212 g/mol. The third kappa shape index (κ3) is 3.70. The Morgan fingerprint density at radius 1 is 1.24 bits per heavy atom. The topological polar surface area (TPSA) is 41.1 Å². The van der Waals surface area contributed by atoms with Crippen LogP contribution < -0.4 is 10.6 Å². The Morgan fingerprint density at radius 3 is 2.65 bits per heavy atom. The van der Waals surface area contributed by atoms with Crippen LogP contribution >= 0.6 is 0 Å². The van der Waals surface area contributed by atoms with Crippen LogP contribution in [-0.4, -0.2) is 25.0 Å². The fourth-order valence-electron chi connectivity index (χ4n) is 3.19. The van der Waals surface area contributed by atoms with Gasteiger partial charge in [-0.15, -0.1) is 0 Å². The van der Waals surface area contributed by atoms with Gasteiger partial charge in [0.2, 0.25) is 5.91 Å². The Hall–Kier alpha value is -0.570. The van der Waals surface area contributed by atoms with Crippen molar-refractivity contribution < 1.29 is 4.79 Å². The number of rotatable bonds is 2. The zero-order chi connectivity index (χ0) is 12.5. The largest absolute Gasteiger partial charge is 0.353 e. The predicted molar refractivity (Wildman–Crippen MR) is 69.7 cm³/mol. The first-order valence-electron chi connectivity index (χ1n) is 6.94. The van der Waals surface area contributed by atoms with Gasteiger partial charge in [0.05, 0.1) is 0 Å². The Kier molecular flexibility index (Phi) is 3.76. The number of carbonyl (C=O) groups is 1. The first kappa shape index (κ1) is 12.9. The van der Waals surface area contributed by atoms with Gasteiger partial charge in [-0.3, -0.25) is 4.79 Å². The Balaban J connectivity index is 1.78. The van der Waals surface area contributed by atoms with E-state index < -0.39 is 0 Å². The van der Waals surface area contributed by atoms with Crippen molar-refractivity contribution in [2.45, 2.75) is 52.5 Å². The molecule has 1 unspecified atom stereocenters. The third-order valence-electron chi connectivity index (χ3n) is 4.01. The van der Waals surface area contributed by atoms with Gasteiger partial charge >= 0.3 is 0 Å². The van der Waals surface area contributed by atoms with E-state index in [0.717, 1.165) is 18.4 Å². The van der Waals surface area contributed by atoms with Crippen molar-refractivity contribution in [1.29, 1.82) is 0 Å². The van der Waals surface area contributed by atoms with E-state index in [4.69, 9.17) is 0 Å². The van der Waals surface area contributed by atoms with Gasteiger partial charge in [-0.1, -0.05) is 20.8 Å². The molecule has 1 amide bonds. The van der Waals surface area contributed by atoms with Crippen LogP contribution in [0.5, 0.6) is 0 Å². The lowest BCUT2D eigenvalue weighted by atomic mass is 9.79. The number of amides is 1.